The molecule has 2 N–H and O–H groups in total. The third kappa shape index (κ3) is 2.61. The van der Waals surface area contributed by atoms with Crippen LogP contribution in [0.3, 0.4) is 0 Å². The van der Waals surface area contributed by atoms with Gasteiger partial charge in [-0.1, -0.05) is 0 Å². The average Bonchev–Trinajstić information content (AvgIpc) is 2.85. The Morgan fingerprint density at radius 2 is 2.22 bits per heavy atom. The average molecular weight is 246 g/mol. The summed E-state index contributed by atoms with van der Waals surface area (Å²) in [5, 5.41) is 3.95. The Bertz CT molecular complexity index is 531. The minimum Gasteiger partial charge on any atom is -0.346 e. The van der Waals surface area contributed by atoms with Crippen molar-refractivity contribution in [2.45, 2.75) is 20.4 Å². The van der Waals surface area contributed by atoms with Crippen molar-refractivity contribution in [3.63, 3.8) is 0 Å². The summed E-state index contributed by atoms with van der Waals surface area (Å²) in [6, 6.07) is 3.97. The summed E-state index contributed by atoms with van der Waals surface area (Å²) in [5.74, 6) is 0. The fraction of sp³-hybridized carbons (Fsp3) is 0.385. The molecule has 2 amide bonds. The smallest absolute Gasteiger partial charge is 0.317 e. The molecule has 18 heavy (non-hydrogen) atoms. The number of rotatable bonds is 4. The number of pyridine rings is 1. The van der Waals surface area contributed by atoms with E-state index in [4.69, 9.17) is 0 Å². The van der Waals surface area contributed by atoms with Gasteiger partial charge >= 0.3 is 6.03 Å². The zero-order chi connectivity index (χ0) is 13.0. The quantitative estimate of drug-likeness (QED) is 0.868. The standard InChI is InChI=1S/C13H18N4O/c1-3-17(4-2)13(18)16-9-10-7-11-5-6-14-12(11)15-8-10/h5-8H,3-4,9H2,1-2H3,(H,14,15)(H,16,18). The molecule has 2 heterocycles. The van der Waals surface area contributed by atoms with Gasteiger partial charge in [0.05, 0.1) is 0 Å². The van der Waals surface area contributed by atoms with E-state index in [2.05, 4.69) is 15.3 Å². The minimum absolute atomic E-state index is 0.0332. The number of hydrogen-bond acceptors (Lipinski definition) is 2. The molecule has 0 fully saturated rings. The summed E-state index contributed by atoms with van der Waals surface area (Å²) in [4.78, 5) is 20.9. The fourth-order valence-corrected chi connectivity index (χ4v) is 1.88. The van der Waals surface area contributed by atoms with Gasteiger partial charge in [0, 0.05) is 37.4 Å². The maximum atomic E-state index is 11.8. The van der Waals surface area contributed by atoms with E-state index in [1.54, 1.807) is 11.1 Å². The first-order valence-corrected chi connectivity index (χ1v) is 6.19. The zero-order valence-corrected chi connectivity index (χ0v) is 10.7. The summed E-state index contributed by atoms with van der Waals surface area (Å²) in [7, 11) is 0. The number of hydrogen-bond donors (Lipinski definition) is 2. The topological polar surface area (TPSA) is 61.0 Å². The van der Waals surface area contributed by atoms with Crippen LogP contribution in [0, 0.1) is 0 Å². The Kier molecular flexibility index (Phi) is 3.82. The molecule has 2 rings (SSSR count). The SMILES string of the molecule is CCN(CC)C(=O)NCc1cnc2[nH]ccc2c1. The molecule has 0 radical (unpaired) electrons. The van der Waals surface area contributed by atoms with Crippen LogP contribution in [0.25, 0.3) is 11.0 Å². The van der Waals surface area contributed by atoms with Gasteiger partial charge in [0.2, 0.25) is 0 Å². The minimum atomic E-state index is -0.0332. The van der Waals surface area contributed by atoms with Crippen molar-refractivity contribution in [1.82, 2.24) is 20.2 Å². The Labute approximate surface area is 106 Å². The van der Waals surface area contributed by atoms with Crippen molar-refractivity contribution < 1.29 is 4.79 Å². The molecule has 0 saturated heterocycles. The Hall–Kier alpha value is -2.04. The molecule has 0 aliphatic rings. The first-order valence-electron chi connectivity index (χ1n) is 6.19. The number of fused-ring (bicyclic) bond motifs is 1. The van der Waals surface area contributed by atoms with Crippen LogP contribution in [0.1, 0.15) is 19.4 Å². The first kappa shape index (κ1) is 12.4. The van der Waals surface area contributed by atoms with E-state index in [1.165, 1.54) is 0 Å². The lowest BCUT2D eigenvalue weighted by molar-refractivity contribution is 0.203. The Morgan fingerprint density at radius 3 is 2.94 bits per heavy atom. The largest absolute Gasteiger partial charge is 0.346 e. The Morgan fingerprint density at radius 1 is 1.44 bits per heavy atom. The maximum absolute atomic E-state index is 11.8. The van der Waals surface area contributed by atoms with E-state index in [1.807, 2.05) is 32.2 Å². The normalized spacial score (nSPS) is 10.6. The predicted octanol–water partition coefficient (Wildman–Crippen LogP) is 2.11. The molecule has 96 valence electrons. The van der Waals surface area contributed by atoms with Crippen LogP contribution >= 0.6 is 0 Å². The molecule has 0 aromatic carbocycles. The van der Waals surface area contributed by atoms with Crippen molar-refractivity contribution in [3.05, 3.63) is 30.1 Å². The first-order chi connectivity index (χ1) is 8.74. The molecule has 0 spiro atoms. The number of carbonyl (C=O) groups excluding carboxylic acids is 1. The lowest BCUT2D eigenvalue weighted by Gasteiger charge is -2.19. The number of aromatic nitrogens is 2. The molecule has 0 aliphatic heterocycles. The second-order valence-corrected chi connectivity index (χ2v) is 4.09. The second-order valence-electron chi connectivity index (χ2n) is 4.09. The monoisotopic (exact) mass is 246 g/mol. The highest BCUT2D eigenvalue weighted by molar-refractivity contribution is 5.76. The van der Waals surface area contributed by atoms with Crippen LogP contribution in [0.2, 0.25) is 0 Å². The van der Waals surface area contributed by atoms with Crippen LogP contribution in [0.15, 0.2) is 24.5 Å². The number of urea groups is 1. The summed E-state index contributed by atoms with van der Waals surface area (Å²) >= 11 is 0. The molecule has 5 nitrogen and oxygen atoms in total. The van der Waals surface area contributed by atoms with Crippen LogP contribution in [-0.2, 0) is 6.54 Å². The van der Waals surface area contributed by atoms with Crippen LogP contribution in [0.4, 0.5) is 4.79 Å². The number of H-pyrrole nitrogens is 1. The predicted molar refractivity (Wildman–Crippen MR) is 71.3 cm³/mol. The van der Waals surface area contributed by atoms with Gasteiger partial charge in [-0.15, -0.1) is 0 Å². The fourth-order valence-electron chi connectivity index (χ4n) is 1.88. The van der Waals surface area contributed by atoms with Crippen LogP contribution in [0.5, 0.6) is 0 Å². The van der Waals surface area contributed by atoms with E-state index in [0.29, 0.717) is 6.54 Å². The molecule has 5 heteroatoms. The molecule has 0 bridgehead atoms. The number of amides is 2. The molecular weight excluding hydrogens is 228 g/mol. The van der Waals surface area contributed by atoms with Gasteiger partial charge in [-0.2, -0.15) is 0 Å². The van der Waals surface area contributed by atoms with Crippen molar-refractivity contribution in [2.75, 3.05) is 13.1 Å². The van der Waals surface area contributed by atoms with Crippen molar-refractivity contribution in [3.8, 4) is 0 Å². The summed E-state index contributed by atoms with van der Waals surface area (Å²) in [6.45, 7) is 5.88. The Balaban J connectivity index is 1.99. The third-order valence-electron chi connectivity index (χ3n) is 2.95. The molecular formula is C13H18N4O. The number of carbonyl (C=O) groups is 1. The lowest BCUT2D eigenvalue weighted by Crippen LogP contribution is -2.39. The summed E-state index contributed by atoms with van der Waals surface area (Å²) in [5.41, 5.74) is 1.87. The highest BCUT2D eigenvalue weighted by Gasteiger charge is 2.08. The van der Waals surface area contributed by atoms with Crippen LogP contribution < -0.4 is 5.32 Å². The van der Waals surface area contributed by atoms with Gasteiger partial charge in [0.15, 0.2) is 0 Å². The molecule has 0 atom stereocenters. The van der Waals surface area contributed by atoms with E-state index in [0.717, 1.165) is 29.7 Å². The lowest BCUT2D eigenvalue weighted by atomic mass is 10.2. The van der Waals surface area contributed by atoms with Crippen molar-refractivity contribution in [1.29, 1.82) is 0 Å². The molecule has 2 aromatic rings. The number of aromatic amines is 1. The van der Waals surface area contributed by atoms with Crippen molar-refractivity contribution in [2.24, 2.45) is 0 Å². The molecule has 0 aliphatic carbocycles. The van der Waals surface area contributed by atoms with Crippen LogP contribution in [-0.4, -0.2) is 34.0 Å². The van der Waals surface area contributed by atoms with E-state index in [-0.39, 0.29) is 6.03 Å². The van der Waals surface area contributed by atoms with E-state index in [9.17, 15) is 4.79 Å². The third-order valence-corrected chi connectivity index (χ3v) is 2.95. The van der Waals surface area contributed by atoms with Gasteiger partial charge in [0.25, 0.3) is 0 Å². The number of nitrogens with one attached hydrogen (secondary N) is 2. The molecule has 0 unspecified atom stereocenters. The van der Waals surface area contributed by atoms with Gasteiger partial charge < -0.3 is 15.2 Å². The maximum Gasteiger partial charge on any atom is 0.317 e. The molecule has 0 saturated carbocycles. The van der Waals surface area contributed by atoms with E-state index >= 15 is 0 Å². The van der Waals surface area contributed by atoms with Gasteiger partial charge in [-0.05, 0) is 31.5 Å². The van der Waals surface area contributed by atoms with E-state index < -0.39 is 0 Å². The zero-order valence-electron chi connectivity index (χ0n) is 10.7. The molecule has 2 aromatic heterocycles. The second kappa shape index (κ2) is 5.53. The number of nitrogens with zero attached hydrogens (tertiary/aromatic N) is 2. The highest BCUT2D eigenvalue weighted by atomic mass is 16.2. The summed E-state index contributed by atoms with van der Waals surface area (Å²) < 4.78 is 0. The highest BCUT2D eigenvalue weighted by Crippen LogP contribution is 2.11. The van der Waals surface area contributed by atoms with Gasteiger partial charge in [-0.25, -0.2) is 9.78 Å². The van der Waals surface area contributed by atoms with Gasteiger partial charge in [0.1, 0.15) is 5.65 Å². The van der Waals surface area contributed by atoms with Gasteiger partial charge in [-0.3, -0.25) is 0 Å². The summed E-state index contributed by atoms with van der Waals surface area (Å²) in [6.07, 6.45) is 3.64. The van der Waals surface area contributed by atoms with Crippen molar-refractivity contribution >= 4 is 17.1 Å².